The molecule has 0 aliphatic carbocycles. The van der Waals surface area contributed by atoms with Gasteiger partial charge in [0.15, 0.2) is 5.78 Å². The van der Waals surface area contributed by atoms with Gasteiger partial charge in [0.2, 0.25) is 0 Å². The molecule has 0 spiro atoms. The van der Waals surface area contributed by atoms with Gasteiger partial charge >= 0.3 is 0 Å². The molecule has 0 N–H and O–H groups in total. The molecule has 0 amide bonds. The summed E-state index contributed by atoms with van der Waals surface area (Å²) in [7, 11) is 0. The Bertz CT molecular complexity index is 1030. The van der Waals surface area contributed by atoms with Crippen molar-refractivity contribution >= 4 is 5.78 Å². The number of ketones is 1. The van der Waals surface area contributed by atoms with Crippen molar-refractivity contribution < 1.29 is 13.9 Å². The van der Waals surface area contributed by atoms with Crippen LogP contribution < -0.4 is 4.74 Å². The number of nitrogens with zero attached hydrogens (tertiary/aromatic N) is 2. The normalized spacial score (nSPS) is 10.4. The standard InChI is InChI=1S/C23H19FN2O2/c1-15-9-18(10-16(2)26-15)11-22(27)19-5-6-20(13-25)23(12-19)28-14-17-3-7-21(24)8-4-17/h3-10,12H,11,14H2,1-2H3. The highest BCUT2D eigenvalue weighted by molar-refractivity contribution is 5.98. The molecule has 0 saturated carbocycles. The Kier molecular flexibility index (Phi) is 5.81. The number of aromatic nitrogens is 1. The zero-order valence-corrected chi connectivity index (χ0v) is 15.7. The molecule has 28 heavy (non-hydrogen) atoms. The molecular formula is C23H19FN2O2. The summed E-state index contributed by atoms with van der Waals surface area (Å²) in [6.07, 6.45) is 0.244. The van der Waals surface area contributed by atoms with Crippen molar-refractivity contribution in [2.24, 2.45) is 0 Å². The van der Waals surface area contributed by atoms with E-state index < -0.39 is 0 Å². The number of carbonyl (C=O) groups is 1. The highest BCUT2D eigenvalue weighted by atomic mass is 19.1. The summed E-state index contributed by atoms with van der Waals surface area (Å²) < 4.78 is 18.7. The number of ether oxygens (including phenoxy) is 1. The fraction of sp³-hybridized carbons (Fsp3) is 0.174. The highest BCUT2D eigenvalue weighted by Gasteiger charge is 2.12. The van der Waals surface area contributed by atoms with E-state index in [1.165, 1.54) is 12.1 Å². The largest absolute Gasteiger partial charge is 0.487 e. The van der Waals surface area contributed by atoms with E-state index in [-0.39, 0.29) is 24.6 Å². The van der Waals surface area contributed by atoms with Crippen LogP contribution >= 0.6 is 0 Å². The molecule has 0 unspecified atom stereocenters. The first-order valence-electron chi connectivity index (χ1n) is 8.83. The minimum Gasteiger partial charge on any atom is -0.487 e. The van der Waals surface area contributed by atoms with Crippen LogP contribution in [0, 0.1) is 31.0 Å². The molecule has 5 heteroatoms. The van der Waals surface area contributed by atoms with Crippen LogP contribution in [0.3, 0.4) is 0 Å². The van der Waals surface area contributed by atoms with Crippen LogP contribution in [0.1, 0.15) is 38.4 Å². The lowest BCUT2D eigenvalue weighted by Gasteiger charge is -2.10. The second-order valence-corrected chi connectivity index (χ2v) is 6.60. The average Bonchev–Trinajstić information content (AvgIpc) is 2.66. The van der Waals surface area contributed by atoms with Crippen molar-refractivity contribution in [2.45, 2.75) is 26.9 Å². The zero-order valence-electron chi connectivity index (χ0n) is 15.7. The fourth-order valence-electron chi connectivity index (χ4n) is 2.96. The van der Waals surface area contributed by atoms with Gasteiger partial charge in [0.25, 0.3) is 0 Å². The lowest BCUT2D eigenvalue weighted by Crippen LogP contribution is -2.06. The molecule has 4 nitrogen and oxygen atoms in total. The van der Waals surface area contributed by atoms with Gasteiger partial charge < -0.3 is 4.74 Å². The van der Waals surface area contributed by atoms with Gasteiger partial charge in [-0.2, -0.15) is 5.26 Å². The monoisotopic (exact) mass is 374 g/mol. The van der Waals surface area contributed by atoms with Crippen molar-refractivity contribution in [1.82, 2.24) is 4.98 Å². The van der Waals surface area contributed by atoms with E-state index in [0.717, 1.165) is 22.5 Å². The Hall–Kier alpha value is -3.52. The molecule has 0 aliphatic rings. The summed E-state index contributed by atoms with van der Waals surface area (Å²) >= 11 is 0. The van der Waals surface area contributed by atoms with E-state index in [2.05, 4.69) is 11.1 Å². The number of pyridine rings is 1. The summed E-state index contributed by atoms with van der Waals surface area (Å²) in [5, 5.41) is 9.31. The molecule has 1 heterocycles. The SMILES string of the molecule is Cc1cc(CC(=O)c2ccc(C#N)c(OCc3ccc(F)cc3)c2)cc(C)n1. The number of nitriles is 1. The fourth-order valence-corrected chi connectivity index (χ4v) is 2.96. The van der Waals surface area contributed by atoms with Gasteiger partial charge in [0.1, 0.15) is 24.2 Å². The zero-order chi connectivity index (χ0) is 20.1. The first-order chi connectivity index (χ1) is 13.4. The van der Waals surface area contributed by atoms with Gasteiger partial charge in [-0.25, -0.2) is 4.39 Å². The Morgan fingerprint density at radius 1 is 1.04 bits per heavy atom. The van der Waals surface area contributed by atoms with Crippen molar-refractivity contribution in [2.75, 3.05) is 0 Å². The van der Waals surface area contributed by atoms with Crippen molar-refractivity contribution in [3.05, 3.63) is 94.1 Å². The topological polar surface area (TPSA) is 63.0 Å². The molecule has 1 aromatic heterocycles. The van der Waals surface area contributed by atoms with Gasteiger partial charge in [0, 0.05) is 23.4 Å². The van der Waals surface area contributed by atoms with Gasteiger partial charge in [-0.3, -0.25) is 9.78 Å². The van der Waals surface area contributed by atoms with Crippen LogP contribution in [0.5, 0.6) is 5.75 Å². The molecular weight excluding hydrogens is 355 g/mol. The van der Waals surface area contributed by atoms with E-state index in [4.69, 9.17) is 4.74 Å². The summed E-state index contributed by atoms with van der Waals surface area (Å²) in [6.45, 7) is 3.96. The van der Waals surface area contributed by atoms with Gasteiger partial charge in [-0.15, -0.1) is 0 Å². The number of aryl methyl sites for hydroxylation is 2. The number of carbonyl (C=O) groups excluding carboxylic acids is 1. The highest BCUT2D eigenvalue weighted by Crippen LogP contribution is 2.22. The molecule has 0 aliphatic heterocycles. The molecule has 0 fully saturated rings. The van der Waals surface area contributed by atoms with Crippen LogP contribution in [0.15, 0.2) is 54.6 Å². The van der Waals surface area contributed by atoms with Crippen molar-refractivity contribution in [3.63, 3.8) is 0 Å². The third-order valence-electron chi connectivity index (χ3n) is 4.24. The minimum absolute atomic E-state index is 0.0684. The number of hydrogen-bond acceptors (Lipinski definition) is 4. The van der Waals surface area contributed by atoms with Crippen molar-refractivity contribution in [3.8, 4) is 11.8 Å². The molecule has 3 aromatic rings. The minimum atomic E-state index is -0.323. The first-order valence-corrected chi connectivity index (χ1v) is 8.83. The van der Waals surface area contributed by atoms with E-state index in [9.17, 15) is 14.4 Å². The van der Waals surface area contributed by atoms with Crippen LogP contribution in [-0.4, -0.2) is 10.8 Å². The maximum atomic E-state index is 13.0. The first kappa shape index (κ1) is 19.2. The molecule has 140 valence electrons. The van der Waals surface area contributed by atoms with Gasteiger partial charge in [-0.05, 0) is 67.4 Å². The smallest absolute Gasteiger partial charge is 0.167 e. The third kappa shape index (κ3) is 4.80. The molecule has 0 atom stereocenters. The van der Waals surface area contributed by atoms with E-state index in [0.29, 0.717) is 16.9 Å². The van der Waals surface area contributed by atoms with Gasteiger partial charge in [0.05, 0.1) is 5.56 Å². The van der Waals surface area contributed by atoms with E-state index >= 15 is 0 Å². The Labute approximate surface area is 163 Å². The summed E-state index contributed by atoms with van der Waals surface area (Å²) in [5.74, 6) is -0.0588. The molecule has 2 aromatic carbocycles. The van der Waals surface area contributed by atoms with Crippen LogP contribution in [-0.2, 0) is 13.0 Å². The lowest BCUT2D eigenvalue weighted by molar-refractivity contribution is 0.0992. The van der Waals surface area contributed by atoms with E-state index in [1.807, 2.05) is 26.0 Å². The molecule has 0 saturated heterocycles. The number of rotatable bonds is 6. The number of hydrogen-bond donors (Lipinski definition) is 0. The Morgan fingerprint density at radius 3 is 2.36 bits per heavy atom. The quantitative estimate of drug-likeness (QED) is 0.586. The maximum Gasteiger partial charge on any atom is 0.167 e. The summed E-state index contributed by atoms with van der Waals surface area (Å²) in [5.41, 5.74) is 4.21. The number of Topliss-reactive ketones (excluding diaryl/α,β-unsaturated/α-hetero) is 1. The predicted octanol–water partition coefficient (Wildman–Crippen LogP) is 4.71. The molecule has 3 rings (SSSR count). The lowest BCUT2D eigenvalue weighted by atomic mass is 10.0. The third-order valence-corrected chi connectivity index (χ3v) is 4.24. The van der Waals surface area contributed by atoms with Crippen molar-refractivity contribution in [1.29, 1.82) is 5.26 Å². The second-order valence-electron chi connectivity index (χ2n) is 6.60. The molecule has 0 radical (unpaired) electrons. The average molecular weight is 374 g/mol. The second kappa shape index (κ2) is 8.45. The van der Waals surface area contributed by atoms with Crippen LogP contribution in [0.2, 0.25) is 0 Å². The number of benzene rings is 2. The Balaban J connectivity index is 1.78. The molecule has 0 bridgehead atoms. The van der Waals surface area contributed by atoms with E-state index in [1.54, 1.807) is 30.3 Å². The van der Waals surface area contributed by atoms with Gasteiger partial charge in [-0.1, -0.05) is 12.1 Å². The van der Waals surface area contributed by atoms with Crippen LogP contribution in [0.25, 0.3) is 0 Å². The predicted molar refractivity (Wildman–Crippen MR) is 104 cm³/mol. The maximum absolute atomic E-state index is 13.0. The Morgan fingerprint density at radius 2 is 1.71 bits per heavy atom. The number of halogens is 1. The van der Waals surface area contributed by atoms with Crippen LogP contribution in [0.4, 0.5) is 4.39 Å². The summed E-state index contributed by atoms with van der Waals surface area (Å²) in [6, 6.07) is 16.6. The summed E-state index contributed by atoms with van der Waals surface area (Å²) in [4.78, 5) is 17.0.